The molecule has 0 spiro atoms. The van der Waals surface area contributed by atoms with Gasteiger partial charge in [-0.3, -0.25) is 4.79 Å². The Labute approximate surface area is 128 Å². The number of methoxy groups -OCH3 is 1. The molecule has 0 aliphatic rings. The van der Waals surface area contributed by atoms with Gasteiger partial charge in [-0.05, 0) is 55.0 Å². The number of rotatable bonds is 6. The number of nitrogens with one attached hydrogen (secondary N) is 1. The fraction of sp³-hybridized carbons (Fsp3) is 0.235. The number of ether oxygens (including phenoxy) is 2. The summed E-state index contributed by atoms with van der Waals surface area (Å²) in [4.78, 5) is 12.2. The molecule has 0 saturated carbocycles. The van der Waals surface area contributed by atoms with E-state index < -0.39 is 6.10 Å². The molecule has 22 heavy (non-hydrogen) atoms. The van der Waals surface area contributed by atoms with Crippen molar-refractivity contribution in [3.8, 4) is 11.5 Å². The molecule has 2 rings (SSSR count). The van der Waals surface area contributed by atoms with E-state index in [-0.39, 0.29) is 11.7 Å². The Bertz CT molecular complexity index is 611. The van der Waals surface area contributed by atoms with E-state index in [0.29, 0.717) is 23.6 Å². The summed E-state index contributed by atoms with van der Waals surface area (Å²) in [5.74, 6) is 0.575. The third kappa shape index (κ3) is 4.22. The van der Waals surface area contributed by atoms with Gasteiger partial charge in [-0.25, -0.2) is 4.39 Å². The summed E-state index contributed by atoms with van der Waals surface area (Å²) in [6.45, 7) is 1.85. The first-order chi connectivity index (χ1) is 10.6. The molecule has 2 aromatic rings. The number of anilines is 1. The Morgan fingerprint density at radius 1 is 1.09 bits per heavy atom. The zero-order valence-electron chi connectivity index (χ0n) is 12.5. The van der Waals surface area contributed by atoms with Crippen molar-refractivity contribution in [1.29, 1.82) is 0 Å². The number of amides is 1. The van der Waals surface area contributed by atoms with Crippen molar-refractivity contribution < 1.29 is 18.7 Å². The van der Waals surface area contributed by atoms with Crippen molar-refractivity contribution >= 4 is 11.6 Å². The van der Waals surface area contributed by atoms with Crippen molar-refractivity contribution in [1.82, 2.24) is 0 Å². The number of carbonyl (C=O) groups is 1. The van der Waals surface area contributed by atoms with Crippen LogP contribution in [0, 0.1) is 5.82 Å². The minimum atomic E-state index is -0.646. The number of benzene rings is 2. The maximum atomic E-state index is 12.9. The third-order valence-electron chi connectivity index (χ3n) is 3.11. The first kappa shape index (κ1) is 15.8. The molecule has 2 aromatic carbocycles. The SMILES string of the molecule is CC[C@H](Oc1ccc(F)cc1)C(=O)Nc1ccc(OC)cc1. The highest BCUT2D eigenvalue weighted by Gasteiger charge is 2.18. The molecule has 4 nitrogen and oxygen atoms in total. The highest BCUT2D eigenvalue weighted by Crippen LogP contribution is 2.18. The summed E-state index contributed by atoms with van der Waals surface area (Å²) in [7, 11) is 1.58. The summed E-state index contributed by atoms with van der Waals surface area (Å²) in [6.07, 6.45) is -0.146. The van der Waals surface area contributed by atoms with Gasteiger partial charge in [0, 0.05) is 5.69 Å². The standard InChI is InChI=1S/C17H18FNO3/c1-3-16(22-15-8-4-12(18)5-9-15)17(20)19-13-6-10-14(21-2)11-7-13/h4-11,16H,3H2,1-2H3,(H,19,20)/t16-/m0/s1. The summed E-state index contributed by atoms with van der Waals surface area (Å²) >= 11 is 0. The van der Waals surface area contributed by atoms with Gasteiger partial charge in [0.15, 0.2) is 6.10 Å². The van der Waals surface area contributed by atoms with Crippen LogP contribution in [0.25, 0.3) is 0 Å². The predicted octanol–water partition coefficient (Wildman–Crippen LogP) is 3.63. The van der Waals surface area contributed by atoms with E-state index in [2.05, 4.69) is 5.32 Å². The minimum Gasteiger partial charge on any atom is -0.497 e. The Hall–Kier alpha value is -2.56. The molecule has 1 amide bonds. The molecule has 116 valence electrons. The second kappa shape index (κ2) is 7.45. The van der Waals surface area contributed by atoms with Crippen LogP contribution >= 0.6 is 0 Å². The van der Waals surface area contributed by atoms with E-state index in [1.165, 1.54) is 24.3 Å². The Balaban J connectivity index is 1.99. The Kier molecular flexibility index (Phi) is 5.36. The Morgan fingerprint density at radius 3 is 2.23 bits per heavy atom. The monoisotopic (exact) mass is 303 g/mol. The van der Waals surface area contributed by atoms with Gasteiger partial charge in [-0.1, -0.05) is 6.92 Å². The van der Waals surface area contributed by atoms with Gasteiger partial charge in [0.05, 0.1) is 7.11 Å². The van der Waals surface area contributed by atoms with Gasteiger partial charge in [0.1, 0.15) is 17.3 Å². The molecular formula is C17H18FNO3. The van der Waals surface area contributed by atoms with Crippen molar-refractivity contribution in [2.24, 2.45) is 0 Å². The van der Waals surface area contributed by atoms with E-state index in [0.717, 1.165) is 0 Å². The highest BCUT2D eigenvalue weighted by molar-refractivity contribution is 5.94. The lowest BCUT2D eigenvalue weighted by Gasteiger charge is -2.17. The summed E-state index contributed by atoms with van der Waals surface area (Å²) in [5.41, 5.74) is 0.659. The van der Waals surface area contributed by atoms with Gasteiger partial charge < -0.3 is 14.8 Å². The van der Waals surface area contributed by atoms with E-state index in [1.54, 1.807) is 31.4 Å². The van der Waals surface area contributed by atoms with Crippen LogP contribution in [0.1, 0.15) is 13.3 Å². The molecule has 1 atom stereocenters. The van der Waals surface area contributed by atoms with Crippen LogP contribution in [0.5, 0.6) is 11.5 Å². The molecular weight excluding hydrogens is 285 g/mol. The van der Waals surface area contributed by atoms with Gasteiger partial charge in [0.2, 0.25) is 0 Å². The molecule has 1 N–H and O–H groups in total. The number of hydrogen-bond acceptors (Lipinski definition) is 3. The van der Waals surface area contributed by atoms with Crippen LogP contribution in [-0.4, -0.2) is 19.1 Å². The van der Waals surface area contributed by atoms with Crippen molar-refractivity contribution in [3.05, 3.63) is 54.3 Å². The maximum Gasteiger partial charge on any atom is 0.265 e. The topological polar surface area (TPSA) is 47.6 Å². The van der Waals surface area contributed by atoms with Gasteiger partial charge >= 0.3 is 0 Å². The maximum absolute atomic E-state index is 12.9. The molecule has 0 aromatic heterocycles. The van der Waals surface area contributed by atoms with Crippen LogP contribution in [0.3, 0.4) is 0 Å². The van der Waals surface area contributed by atoms with Gasteiger partial charge in [-0.2, -0.15) is 0 Å². The van der Waals surface area contributed by atoms with Gasteiger partial charge in [-0.15, -0.1) is 0 Å². The van der Waals surface area contributed by atoms with E-state index in [9.17, 15) is 9.18 Å². The van der Waals surface area contributed by atoms with E-state index >= 15 is 0 Å². The quantitative estimate of drug-likeness (QED) is 0.886. The third-order valence-corrected chi connectivity index (χ3v) is 3.11. The average molecular weight is 303 g/mol. The fourth-order valence-corrected chi connectivity index (χ4v) is 1.90. The lowest BCUT2D eigenvalue weighted by Crippen LogP contribution is -2.32. The molecule has 0 fully saturated rings. The molecule has 0 aliphatic heterocycles. The number of hydrogen-bond donors (Lipinski definition) is 1. The van der Waals surface area contributed by atoms with Crippen LogP contribution in [0.4, 0.5) is 10.1 Å². The molecule has 0 radical (unpaired) electrons. The zero-order chi connectivity index (χ0) is 15.9. The summed E-state index contributed by atoms with van der Waals surface area (Å²) < 4.78 is 23.5. The van der Waals surface area contributed by atoms with Crippen molar-refractivity contribution in [2.45, 2.75) is 19.4 Å². The molecule has 0 bridgehead atoms. The molecule has 0 heterocycles. The second-order valence-electron chi connectivity index (χ2n) is 4.69. The number of halogens is 1. The van der Waals surface area contributed by atoms with Crippen LogP contribution < -0.4 is 14.8 Å². The van der Waals surface area contributed by atoms with E-state index in [4.69, 9.17) is 9.47 Å². The van der Waals surface area contributed by atoms with Crippen molar-refractivity contribution in [3.63, 3.8) is 0 Å². The lowest BCUT2D eigenvalue weighted by atomic mass is 10.2. The van der Waals surface area contributed by atoms with Gasteiger partial charge in [0.25, 0.3) is 5.91 Å². The van der Waals surface area contributed by atoms with Crippen LogP contribution in [-0.2, 0) is 4.79 Å². The molecule has 0 aliphatic carbocycles. The largest absolute Gasteiger partial charge is 0.497 e. The smallest absolute Gasteiger partial charge is 0.265 e. The zero-order valence-corrected chi connectivity index (χ0v) is 12.5. The molecule has 5 heteroatoms. The fourth-order valence-electron chi connectivity index (χ4n) is 1.90. The predicted molar refractivity (Wildman–Crippen MR) is 82.7 cm³/mol. The summed E-state index contributed by atoms with van der Waals surface area (Å²) in [5, 5.41) is 2.78. The molecule has 0 unspecified atom stereocenters. The number of carbonyl (C=O) groups excluding carboxylic acids is 1. The minimum absolute atomic E-state index is 0.253. The highest BCUT2D eigenvalue weighted by atomic mass is 19.1. The van der Waals surface area contributed by atoms with Crippen LogP contribution in [0.15, 0.2) is 48.5 Å². The average Bonchev–Trinajstić information content (AvgIpc) is 2.55. The first-order valence-electron chi connectivity index (χ1n) is 6.99. The van der Waals surface area contributed by atoms with Crippen LogP contribution in [0.2, 0.25) is 0 Å². The first-order valence-corrected chi connectivity index (χ1v) is 6.99. The second-order valence-corrected chi connectivity index (χ2v) is 4.69. The summed E-state index contributed by atoms with van der Waals surface area (Å²) in [6, 6.07) is 12.6. The molecule has 0 saturated heterocycles. The Morgan fingerprint density at radius 2 is 1.68 bits per heavy atom. The van der Waals surface area contributed by atoms with E-state index in [1.807, 2.05) is 6.92 Å². The van der Waals surface area contributed by atoms with Crippen molar-refractivity contribution in [2.75, 3.05) is 12.4 Å². The lowest BCUT2D eigenvalue weighted by molar-refractivity contribution is -0.122. The normalized spacial score (nSPS) is 11.6.